The van der Waals surface area contributed by atoms with Crippen molar-refractivity contribution in [2.75, 3.05) is 26.2 Å². The van der Waals surface area contributed by atoms with Crippen molar-refractivity contribution in [2.45, 2.75) is 50.0 Å². The molecule has 6 fully saturated rings. The Labute approximate surface area is 288 Å². The number of aliphatic hydroxyl groups excluding tert-OH is 2. The molecule has 11 heteroatoms. The van der Waals surface area contributed by atoms with Gasteiger partial charge in [0.05, 0.1) is 23.2 Å². The zero-order valence-electron chi connectivity index (χ0n) is 27.6. The number of benzene rings is 2. The maximum atomic E-state index is 11.0. The first-order valence-electron chi connectivity index (χ1n) is 17.0. The first kappa shape index (κ1) is 35.3. The van der Waals surface area contributed by atoms with Gasteiger partial charge in [0.15, 0.2) is 0 Å². The maximum Gasteiger partial charge on any atom is 0.394 e. The van der Waals surface area contributed by atoms with Crippen molar-refractivity contribution in [3.05, 3.63) is 109 Å². The lowest BCUT2D eigenvalue weighted by atomic mass is 9.73. The fourth-order valence-corrected chi connectivity index (χ4v) is 8.58. The molecule has 0 aliphatic carbocycles. The Hall–Kier alpha value is -3.55. The Balaban J connectivity index is 0.000000150. The van der Waals surface area contributed by atoms with E-state index in [2.05, 4.69) is 57.2 Å². The number of aliphatic hydroxyl groups is 2. The molecule has 0 radical (unpaired) electrons. The highest BCUT2D eigenvalue weighted by Gasteiger charge is 2.43. The van der Waals surface area contributed by atoms with Crippen LogP contribution in [0.2, 0.25) is 0 Å². The number of rotatable bonds is 6. The van der Waals surface area contributed by atoms with Crippen LogP contribution in [0.25, 0.3) is 21.8 Å². The zero-order valence-corrected chi connectivity index (χ0v) is 28.4. The van der Waals surface area contributed by atoms with E-state index in [1.807, 2.05) is 60.9 Å². The summed E-state index contributed by atoms with van der Waals surface area (Å²) in [6.07, 6.45) is 11.5. The van der Waals surface area contributed by atoms with E-state index in [0.717, 1.165) is 72.0 Å². The minimum Gasteiger partial charge on any atom is -0.387 e. The van der Waals surface area contributed by atoms with Crippen molar-refractivity contribution in [1.29, 1.82) is 0 Å². The molecule has 2 aromatic heterocycles. The van der Waals surface area contributed by atoms with Gasteiger partial charge in [-0.3, -0.25) is 28.9 Å². The Morgan fingerprint density at radius 2 is 1.08 bits per heavy atom. The van der Waals surface area contributed by atoms with Gasteiger partial charge in [-0.1, -0.05) is 48.6 Å². The van der Waals surface area contributed by atoms with Gasteiger partial charge in [0, 0.05) is 48.3 Å². The Morgan fingerprint density at radius 3 is 1.43 bits per heavy atom. The van der Waals surface area contributed by atoms with Gasteiger partial charge in [-0.2, -0.15) is 8.42 Å². The quantitative estimate of drug-likeness (QED) is 0.148. The number of nitrogens with zero attached hydrogens (tertiary/aromatic N) is 4. The number of pyridine rings is 2. The molecule has 260 valence electrons. The summed E-state index contributed by atoms with van der Waals surface area (Å²) >= 11 is 0. The van der Waals surface area contributed by atoms with Crippen LogP contribution < -0.4 is 0 Å². The standard InChI is InChI=1S/2C19H22N2O.H2O4S/c2*1-2-13-12-21-10-8-14(13)11-18(21)19(22)16-7-9-20-17-6-4-3-5-15(16)17;1-5(2,3)4/h2*2-7,9,13-14,18-19,22H,1,8,10-12H2;(H2,1,2,3,4)/t2*13-,14-,18+,19-;/m00./s1. The Bertz CT molecular complexity index is 1750. The zero-order chi connectivity index (χ0) is 34.7. The first-order valence-corrected chi connectivity index (χ1v) is 18.4. The lowest BCUT2D eigenvalue weighted by molar-refractivity contribution is -0.0445. The average Bonchev–Trinajstić information content (AvgIpc) is 3.13. The van der Waals surface area contributed by atoms with Crippen LogP contribution >= 0.6 is 0 Å². The molecule has 0 spiro atoms. The van der Waals surface area contributed by atoms with Gasteiger partial charge in [0.2, 0.25) is 0 Å². The summed E-state index contributed by atoms with van der Waals surface area (Å²) in [5.41, 5.74) is 3.94. The highest BCUT2D eigenvalue weighted by molar-refractivity contribution is 7.79. The normalized spacial score (nSPS) is 30.0. The molecule has 0 amide bonds. The molecular formula is C38H46N4O6S. The predicted octanol–water partition coefficient (Wildman–Crippen LogP) is 5.68. The molecule has 49 heavy (non-hydrogen) atoms. The third kappa shape index (κ3) is 7.94. The number of hydrogen-bond acceptors (Lipinski definition) is 8. The smallest absolute Gasteiger partial charge is 0.387 e. The second-order valence-corrected chi connectivity index (χ2v) is 14.6. The molecule has 10 rings (SSSR count). The van der Waals surface area contributed by atoms with Crippen LogP contribution in [-0.2, 0) is 10.4 Å². The second-order valence-electron chi connectivity index (χ2n) is 13.7. The molecule has 4 aromatic rings. The largest absolute Gasteiger partial charge is 0.394 e. The molecule has 10 nitrogen and oxygen atoms in total. The minimum absolute atomic E-state index is 0.223. The highest BCUT2D eigenvalue weighted by atomic mass is 32.3. The van der Waals surface area contributed by atoms with Crippen LogP contribution in [0.5, 0.6) is 0 Å². The third-order valence-corrected chi connectivity index (χ3v) is 11.0. The van der Waals surface area contributed by atoms with E-state index in [4.69, 9.17) is 17.5 Å². The van der Waals surface area contributed by atoms with Crippen LogP contribution in [0.1, 0.15) is 49.0 Å². The van der Waals surface area contributed by atoms with E-state index >= 15 is 0 Å². The summed E-state index contributed by atoms with van der Waals surface area (Å²) < 4.78 is 31.6. The maximum absolute atomic E-state index is 11.0. The van der Waals surface area contributed by atoms with Gasteiger partial charge in [0.25, 0.3) is 0 Å². The van der Waals surface area contributed by atoms with Gasteiger partial charge in [-0.15, -0.1) is 13.2 Å². The van der Waals surface area contributed by atoms with Crippen LogP contribution in [0.15, 0.2) is 98.4 Å². The summed E-state index contributed by atoms with van der Waals surface area (Å²) in [7, 11) is -4.67. The molecule has 4 N–H and O–H groups in total. The third-order valence-electron chi connectivity index (χ3n) is 11.0. The van der Waals surface area contributed by atoms with Crippen molar-refractivity contribution in [2.24, 2.45) is 23.7 Å². The second kappa shape index (κ2) is 15.1. The van der Waals surface area contributed by atoms with E-state index in [-0.39, 0.29) is 12.1 Å². The van der Waals surface area contributed by atoms with Crippen LogP contribution in [-0.4, -0.2) is 85.8 Å². The topological polar surface area (TPSA) is 147 Å². The van der Waals surface area contributed by atoms with E-state index in [9.17, 15) is 10.2 Å². The Kier molecular flexibility index (Phi) is 10.9. The van der Waals surface area contributed by atoms with Crippen LogP contribution in [0, 0.1) is 23.7 Å². The number of fused-ring (bicyclic) bond motifs is 8. The number of aromatic nitrogens is 2. The highest BCUT2D eigenvalue weighted by Crippen LogP contribution is 2.43. The summed E-state index contributed by atoms with van der Waals surface area (Å²) in [5, 5.41) is 24.2. The van der Waals surface area contributed by atoms with Gasteiger partial charge >= 0.3 is 10.4 Å². The van der Waals surface area contributed by atoms with Crippen molar-refractivity contribution in [3.63, 3.8) is 0 Å². The average molecular weight is 687 g/mol. The fourth-order valence-electron chi connectivity index (χ4n) is 8.58. The molecule has 4 bridgehead atoms. The van der Waals surface area contributed by atoms with E-state index < -0.39 is 22.6 Å². The number of piperidine rings is 6. The number of para-hydroxylation sites is 2. The molecule has 6 saturated heterocycles. The van der Waals surface area contributed by atoms with E-state index in [1.54, 1.807) is 0 Å². The molecule has 0 saturated carbocycles. The SMILES string of the molecule is C=C[C@H]1CN2CC[C@H]1C[C@@H]2[C@@H](O)c1ccnc2ccccc12.C=C[C@H]1CN2CC[C@H]1C[C@@H]2[C@@H](O)c1ccnc2ccccc12.O=S(=O)(O)O. The van der Waals surface area contributed by atoms with Crippen LogP contribution in [0.3, 0.4) is 0 Å². The minimum atomic E-state index is -4.67. The molecular weight excluding hydrogens is 641 g/mol. The summed E-state index contributed by atoms with van der Waals surface area (Å²) in [6, 6.07) is 20.5. The van der Waals surface area contributed by atoms with Crippen molar-refractivity contribution >= 4 is 32.2 Å². The van der Waals surface area contributed by atoms with E-state index in [0.29, 0.717) is 23.7 Å². The van der Waals surface area contributed by atoms with Gasteiger partial charge in [-0.25, -0.2) is 0 Å². The van der Waals surface area contributed by atoms with Gasteiger partial charge in [-0.05, 0) is 97.8 Å². The molecule has 10 atom stereocenters. The monoisotopic (exact) mass is 686 g/mol. The van der Waals surface area contributed by atoms with Gasteiger partial charge < -0.3 is 10.2 Å². The molecule has 6 aliphatic heterocycles. The lowest BCUT2D eigenvalue weighted by Crippen LogP contribution is -2.54. The van der Waals surface area contributed by atoms with Crippen LogP contribution in [0.4, 0.5) is 0 Å². The van der Waals surface area contributed by atoms with Gasteiger partial charge in [0.1, 0.15) is 0 Å². The van der Waals surface area contributed by atoms with Crippen molar-refractivity contribution < 1.29 is 27.7 Å². The predicted molar refractivity (Wildman–Crippen MR) is 191 cm³/mol. The molecule has 8 heterocycles. The fraction of sp³-hybridized carbons (Fsp3) is 0.421. The lowest BCUT2D eigenvalue weighted by Gasteiger charge is -2.50. The van der Waals surface area contributed by atoms with E-state index in [1.165, 1.54) is 12.8 Å². The molecule has 2 aromatic carbocycles. The summed E-state index contributed by atoms with van der Waals surface area (Å²) in [5.74, 6) is 2.53. The molecule has 6 aliphatic rings. The summed E-state index contributed by atoms with van der Waals surface area (Å²) in [6.45, 7) is 12.2. The van der Waals surface area contributed by atoms with Crippen molar-refractivity contribution in [3.8, 4) is 0 Å². The molecule has 2 unspecified atom stereocenters. The number of hydrogen-bond donors (Lipinski definition) is 4. The Morgan fingerprint density at radius 1 is 0.694 bits per heavy atom. The summed E-state index contributed by atoms with van der Waals surface area (Å²) in [4.78, 5) is 13.7. The van der Waals surface area contributed by atoms with Crippen molar-refractivity contribution in [1.82, 2.24) is 19.8 Å². The first-order chi connectivity index (χ1) is 23.6.